The van der Waals surface area contributed by atoms with Gasteiger partial charge in [-0.25, -0.2) is 0 Å². The van der Waals surface area contributed by atoms with E-state index in [0.717, 1.165) is 95.5 Å². The molecule has 4 heterocycles. The maximum atomic E-state index is 2.76. The summed E-state index contributed by atoms with van der Waals surface area (Å²) >= 11 is 0. The van der Waals surface area contributed by atoms with Gasteiger partial charge in [-0.3, -0.25) is 0 Å². The van der Waals surface area contributed by atoms with Crippen molar-refractivity contribution in [2.75, 3.05) is 9.80 Å². The van der Waals surface area contributed by atoms with Gasteiger partial charge in [-0.1, -0.05) is 352 Å². The molecule has 117 heavy (non-hydrogen) atoms. The fourth-order valence-electron chi connectivity index (χ4n) is 18.4. The summed E-state index contributed by atoms with van der Waals surface area (Å²) in [5.41, 5.74) is 37.3. The Bertz CT molecular complexity index is 6440. The van der Waals surface area contributed by atoms with E-state index in [1.54, 1.807) is 0 Å². The van der Waals surface area contributed by atoms with Crippen LogP contribution >= 0.6 is 0 Å². The molecule has 5 heteroatoms. The lowest BCUT2D eigenvalue weighted by Crippen LogP contribution is -2.61. The van der Waals surface area contributed by atoms with Crippen LogP contribution in [0.5, 0.6) is 0 Å². The summed E-state index contributed by atoms with van der Waals surface area (Å²) in [4.78, 5) is 5.51. The quantitative estimate of drug-likeness (QED) is 0.134. The smallest absolute Gasteiger partial charge is 0.252 e. The summed E-state index contributed by atoms with van der Waals surface area (Å²) in [6.45, 7) is 49.2. The van der Waals surface area contributed by atoms with Crippen LogP contribution < -0.4 is 26.2 Å². The lowest BCUT2D eigenvalue weighted by atomic mass is 9.33. The molecular weight excluding hydrogens is 1410 g/mol. The van der Waals surface area contributed by atoms with E-state index >= 15 is 0 Å². The topological polar surface area (TPSA) is 16.3 Å². The number of benzene rings is 14. The minimum absolute atomic E-state index is 0.0428. The molecule has 2 aromatic heterocycles. The van der Waals surface area contributed by atoms with E-state index in [4.69, 9.17) is 0 Å². The van der Waals surface area contributed by atoms with Gasteiger partial charge in [-0.2, -0.15) is 0 Å². The Morgan fingerprint density at radius 1 is 0.214 bits per heavy atom. The van der Waals surface area contributed by atoms with E-state index in [2.05, 4.69) is 456 Å². The van der Waals surface area contributed by atoms with Gasteiger partial charge in [0.1, 0.15) is 0 Å². The summed E-state index contributed by atoms with van der Waals surface area (Å²) in [6, 6.07) is 114. The first-order valence-corrected chi connectivity index (χ1v) is 42.4. The van der Waals surface area contributed by atoms with Gasteiger partial charge in [0.2, 0.25) is 0 Å². The molecule has 18 rings (SSSR count). The minimum atomic E-state index is -0.276. The van der Waals surface area contributed by atoms with Crippen LogP contribution in [-0.2, 0) is 37.9 Å². The van der Waals surface area contributed by atoms with Crippen LogP contribution in [0.25, 0.3) is 111 Å². The van der Waals surface area contributed by atoms with Crippen LogP contribution in [0.1, 0.15) is 184 Å². The van der Waals surface area contributed by atoms with Crippen LogP contribution in [-0.4, -0.2) is 15.8 Å². The maximum absolute atomic E-state index is 2.76. The van der Waals surface area contributed by atoms with E-state index in [9.17, 15) is 0 Å². The van der Waals surface area contributed by atoms with Crippen LogP contribution in [0.15, 0.2) is 291 Å². The van der Waals surface area contributed by atoms with Gasteiger partial charge >= 0.3 is 0 Å². The molecule has 582 valence electrons. The Hall–Kier alpha value is -11.7. The van der Waals surface area contributed by atoms with Crippen molar-refractivity contribution >= 4 is 101 Å². The SMILES string of the molecule is CC(C)(C)c1ccc(-c2cc(N3c4cc(-c5cc(C(C)(C)C)cc(C(C)(C)C)c5)ccc4B4c5ccc(-n6c7ccc(C(C)(C)C)cc7c7cc(C(C)(C)C)ccc76)cc5N(c5c(-c6ccccc6)cccc5-c5ccccc5)c5cc(-c6cc(C(C)(C)C)cc(C(C)(C)C)c6)cc3c54)c3c4ccccc4n(-c4ccccc4)c3c2)cc1. The normalized spacial score (nSPS) is 13.5. The molecule has 0 aliphatic carbocycles. The van der Waals surface area contributed by atoms with E-state index in [1.165, 1.54) is 105 Å². The fourth-order valence-corrected chi connectivity index (χ4v) is 18.4. The molecule has 4 nitrogen and oxygen atoms in total. The molecular formula is C112H111BN4. The second kappa shape index (κ2) is 27.5. The number of rotatable bonds is 9. The summed E-state index contributed by atoms with van der Waals surface area (Å²) < 4.78 is 5.11. The predicted octanol–water partition coefficient (Wildman–Crippen LogP) is 29.4. The van der Waals surface area contributed by atoms with E-state index in [1.807, 2.05) is 0 Å². The molecule has 0 atom stereocenters. The van der Waals surface area contributed by atoms with Gasteiger partial charge < -0.3 is 18.9 Å². The zero-order valence-corrected chi connectivity index (χ0v) is 72.6. The zero-order valence-electron chi connectivity index (χ0n) is 72.6. The van der Waals surface area contributed by atoms with Crippen LogP contribution in [0, 0.1) is 0 Å². The summed E-state index contributed by atoms with van der Waals surface area (Å²) in [7, 11) is 0. The molecule has 2 aliphatic rings. The largest absolute Gasteiger partial charge is 0.311 e. The molecule has 0 bridgehead atoms. The first kappa shape index (κ1) is 76.6. The van der Waals surface area contributed by atoms with Crippen molar-refractivity contribution in [2.24, 2.45) is 0 Å². The van der Waals surface area contributed by atoms with Gasteiger partial charge in [0.05, 0.1) is 33.4 Å². The first-order chi connectivity index (χ1) is 55.4. The number of fused-ring (bicyclic) bond motifs is 10. The van der Waals surface area contributed by atoms with Crippen molar-refractivity contribution in [1.29, 1.82) is 0 Å². The minimum Gasteiger partial charge on any atom is -0.311 e. The highest BCUT2D eigenvalue weighted by Crippen LogP contribution is 2.55. The molecule has 0 unspecified atom stereocenters. The van der Waals surface area contributed by atoms with Crippen molar-refractivity contribution in [3.63, 3.8) is 0 Å². The van der Waals surface area contributed by atoms with Crippen molar-refractivity contribution in [3.8, 4) is 67.0 Å². The van der Waals surface area contributed by atoms with Crippen LogP contribution in [0.2, 0.25) is 0 Å². The summed E-state index contributed by atoms with van der Waals surface area (Å²) in [6.07, 6.45) is 0. The molecule has 0 spiro atoms. The number of nitrogens with zero attached hydrogens (tertiary/aromatic N) is 4. The lowest BCUT2D eigenvalue weighted by Gasteiger charge is -2.45. The average molecular weight is 1520 g/mol. The van der Waals surface area contributed by atoms with Gasteiger partial charge in [0.25, 0.3) is 6.71 Å². The Kier molecular flexibility index (Phi) is 18.0. The summed E-state index contributed by atoms with van der Waals surface area (Å²) in [5.74, 6) is 0. The molecule has 14 aromatic carbocycles. The second-order valence-corrected chi connectivity index (χ2v) is 40.8. The Balaban J connectivity index is 1.05. The van der Waals surface area contributed by atoms with Crippen molar-refractivity contribution in [2.45, 2.75) is 183 Å². The van der Waals surface area contributed by atoms with E-state index in [0.29, 0.717) is 0 Å². The van der Waals surface area contributed by atoms with Crippen molar-refractivity contribution in [3.05, 3.63) is 330 Å². The number of aromatic nitrogens is 2. The zero-order chi connectivity index (χ0) is 82.1. The maximum Gasteiger partial charge on any atom is 0.252 e. The lowest BCUT2D eigenvalue weighted by molar-refractivity contribution is 0.568. The highest BCUT2D eigenvalue weighted by Gasteiger charge is 2.46. The standard InChI is InChI=1S/C112H111BN4/c1-106(2,3)78-47-44-70(45-48-78)76-61-99-103(89-40-31-32-43-94(89)114(99)85-38-29-24-30-39-85)100(62-76)116-97-60-73(74-56-81(109(10,11)12)65-82(57-74)110(13,14)15)46-52-92(97)113-93-53-51-86(115-95-54-49-79(107(4,5)6)67-90(95)91-68-80(108(7,8)9)50-55-96(91)115)69-98(93)117(105-87(71-34-25-22-26-35-71)41-33-42-88(105)72-36-27-23-28-37-72)102-64-77(63-101(116)104(102)113)75-58-83(111(16,17)18)66-84(59-75)112(19,20)21/h22-69H,1-21H3. The van der Waals surface area contributed by atoms with Gasteiger partial charge in [0, 0.05) is 66.8 Å². The van der Waals surface area contributed by atoms with E-state index < -0.39 is 0 Å². The summed E-state index contributed by atoms with van der Waals surface area (Å²) in [5, 5.41) is 4.89. The molecule has 2 aliphatic heterocycles. The molecule has 0 amide bonds. The van der Waals surface area contributed by atoms with E-state index in [-0.39, 0.29) is 44.6 Å². The average Bonchev–Trinajstić information content (AvgIpc) is 1.48. The third-order valence-corrected chi connectivity index (χ3v) is 25.3. The Morgan fingerprint density at radius 3 is 1.10 bits per heavy atom. The number of para-hydroxylation sites is 3. The van der Waals surface area contributed by atoms with Gasteiger partial charge in [-0.15, -0.1) is 0 Å². The molecule has 0 N–H and O–H groups in total. The first-order valence-electron chi connectivity index (χ1n) is 42.4. The fraction of sp³-hybridized carbons (Fsp3) is 0.250. The number of hydrogen-bond acceptors (Lipinski definition) is 2. The number of hydrogen-bond donors (Lipinski definition) is 0. The van der Waals surface area contributed by atoms with Gasteiger partial charge in [0.15, 0.2) is 0 Å². The van der Waals surface area contributed by atoms with Crippen LogP contribution in [0.3, 0.4) is 0 Å². The monoisotopic (exact) mass is 1520 g/mol. The highest BCUT2D eigenvalue weighted by atomic mass is 15.2. The Labute approximate surface area is 695 Å². The second-order valence-electron chi connectivity index (χ2n) is 40.8. The predicted molar refractivity (Wildman–Crippen MR) is 507 cm³/mol. The molecule has 0 fully saturated rings. The number of anilines is 6. The highest BCUT2D eigenvalue weighted by molar-refractivity contribution is 7.00. The van der Waals surface area contributed by atoms with Crippen molar-refractivity contribution in [1.82, 2.24) is 9.13 Å². The molecule has 0 radical (unpaired) electrons. The van der Waals surface area contributed by atoms with Crippen molar-refractivity contribution < 1.29 is 0 Å². The Morgan fingerprint density at radius 2 is 0.598 bits per heavy atom. The third kappa shape index (κ3) is 13.4. The van der Waals surface area contributed by atoms with Crippen LogP contribution in [0.4, 0.5) is 34.1 Å². The van der Waals surface area contributed by atoms with Gasteiger partial charge in [-0.05, 0) is 223 Å². The molecule has 0 saturated carbocycles. The third-order valence-electron chi connectivity index (χ3n) is 25.3. The molecule has 16 aromatic rings. The molecule has 0 saturated heterocycles.